The van der Waals surface area contributed by atoms with Crippen molar-refractivity contribution in [2.75, 3.05) is 13.1 Å². The maximum atomic E-state index is 11.6. The largest absolute Gasteiger partial charge is 0.392 e. The lowest BCUT2D eigenvalue weighted by atomic mass is 9.99. The lowest BCUT2D eigenvalue weighted by Gasteiger charge is -2.26. The van der Waals surface area contributed by atoms with E-state index in [-0.39, 0.29) is 12.5 Å². The number of aliphatic hydroxyl groups excluding tert-OH is 1. The zero-order valence-electron chi connectivity index (χ0n) is 9.78. The SMILES string of the molecule is O=C(CC1CNC1)NCc1ccc(CO)cc1. The Hall–Kier alpha value is -1.39. The van der Waals surface area contributed by atoms with Gasteiger partial charge in [0.1, 0.15) is 0 Å². The van der Waals surface area contributed by atoms with Gasteiger partial charge in [-0.1, -0.05) is 24.3 Å². The molecule has 1 aliphatic rings. The maximum absolute atomic E-state index is 11.6. The molecule has 0 unspecified atom stereocenters. The van der Waals surface area contributed by atoms with Crippen LogP contribution in [0.25, 0.3) is 0 Å². The molecule has 1 fully saturated rings. The standard InChI is InChI=1S/C13H18N2O2/c16-9-11-3-1-10(2-4-11)8-15-13(17)5-12-6-14-7-12/h1-4,12,14,16H,5-9H2,(H,15,17). The molecular formula is C13H18N2O2. The minimum absolute atomic E-state index is 0.0569. The first-order valence-corrected chi connectivity index (χ1v) is 5.94. The number of amides is 1. The van der Waals surface area contributed by atoms with Crippen molar-refractivity contribution < 1.29 is 9.90 Å². The number of hydrogen-bond donors (Lipinski definition) is 3. The summed E-state index contributed by atoms with van der Waals surface area (Å²) in [5.74, 6) is 0.620. The van der Waals surface area contributed by atoms with E-state index in [4.69, 9.17) is 5.11 Å². The van der Waals surface area contributed by atoms with Gasteiger partial charge in [0.2, 0.25) is 5.91 Å². The van der Waals surface area contributed by atoms with Crippen molar-refractivity contribution in [2.24, 2.45) is 5.92 Å². The Balaban J connectivity index is 1.74. The second kappa shape index (κ2) is 5.80. The lowest BCUT2D eigenvalue weighted by molar-refractivity contribution is -0.122. The number of nitrogens with one attached hydrogen (secondary N) is 2. The molecule has 0 radical (unpaired) electrons. The number of benzene rings is 1. The quantitative estimate of drug-likeness (QED) is 0.691. The summed E-state index contributed by atoms with van der Waals surface area (Å²) in [4.78, 5) is 11.6. The van der Waals surface area contributed by atoms with Crippen LogP contribution in [0.4, 0.5) is 0 Å². The van der Waals surface area contributed by atoms with Crippen molar-refractivity contribution in [1.82, 2.24) is 10.6 Å². The van der Waals surface area contributed by atoms with Crippen molar-refractivity contribution in [2.45, 2.75) is 19.6 Å². The zero-order valence-corrected chi connectivity index (χ0v) is 9.78. The summed E-state index contributed by atoms with van der Waals surface area (Å²) < 4.78 is 0. The minimum atomic E-state index is 0.0569. The molecule has 1 aliphatic heterocycles. The van der Waals surface area contributed by atoms with Gasteiger partial charge >= 0.3 is 0 Å². The van der Waals surface area contributed by atoms with Gasteiger partial charge in [0, 0.05) is 13.0 Å². The van der Waals surface area contributed by atoms with E-state index in [2.05, 4.69) is 10.6 Å². The molecule has 0 spiro atoms. The van der Waals surface area contributed by atoms with Crippen molar-refractivity contribution in [3.8, 4) is 0 Å². The first-order valence-electron chi connectivity index (χ1n) is 5.94. The molecule has 0 bridgehead atoms. The smallest absolute Gasteiger partial charge is 0.220 e. The second-order valence-corrected chi connectivity index (χ2v) is 4.48. The molecule has 1 heterocycles. The molecule has 1 aromatic rings. The highest BCUT2D eigenvalue weighted by molar-refractivity contribution is 5.76. The van der Waals surface area contributed by atoms with Gasteiger partial charge in [-0.15, -0.1) is 0 Å². The van der Waals surface area contributed by atoms with Crippen LogP contribution < -0.4 is 10.6 Å². The molecule has 1 saturated heterocycles. The van der Waals surface area contributed by atoms with Gasteiger partial charge in [0.25, 0.3) is 0 Å². The minimum Gasteiger partial charge on any atom is -0.392 e. The first-order chi connectivity index (χ1) is 8.28. The van der Waals surface area contributed by atoms with E-state index in [1.54, 1.807) is 0 Å². The van der Waals surface area contributed by atoms with Crippen LogP contribution >= 0.6 is 0 Å². The van der Waals surface area contributed by atoms with Gasteiger partial charge in [-0.3, -0.25) is 4.79 Å². The molecule has 0 saturated carbocycles. The van der Waals surface area contributed by atoms with Crippen molar-refractivity contribution in [1.29, 1.82) is 0 Å². The van der Waals surface area contributed by atoms with Crippen molar-refractivity contribution in [3.05, 3.63) is 35.4 Å². The first kappa shape index (κ1) is 12.1. The highest BCUT2D eigenvalue weighted by Crippen LogP contribution is 2.08. The van der Waals surface area contributed by atoms with Crippen molar-refractivity contribution in [3.63, 3.8) is 0 Å². The summed E-state index contributed by atoms with van der Waals surface area (Å²) in [6, 6.07) is 7.60. The number of carbonyl (C=O) groups is 1. The number of hydrogen-bond acceptors (Lipinski definition) is 3. The average Bonchev–Trinajstić information content (AvgIpc) is 2.32. The molecule has 0 atom stereocenters. The molecule has 0 aliphatic carbocycles. The van der Waals surface area contributed by atoms with Crippen LogP contribution in [-0.2, 0) is 17.9 Å². The molecule has 1 aromatic carbocycles. The van der Waals surface area contributed by atoms with Crippen LogP contribution in [-0.4, -0.2) is 24.1 Å². The van der Waals surface area contributed by atoms with Gasteiger partial charge < -0.3 is 15.7 Å². The molecular weight excluding hydrogens is 216 g/mol. The summed E-state index contributed by atoms with van der Waals surface area (Å²) in [5, 5.41) is 15.0. The Morgan fingerprint density at radius 3 is 2.47 bits per heavy atom. The van der Waals surface area contributed by atoms with Gasteiger partial charge in [-0.2, -0.15) is 0 Å². The molecule has 92 valence electrons. The Kier molecular flexibility index (Phi) is 4.12. The fourth-order valence-electron chi connectivity index (χ4n) is 1.79. The summed E-state index contributed by atoms with van der Waals surface area (Å²) in [6.45, 7) is 2.53. The van der Waals surface area contributed by atoms with E-state index >= 15 is 0 Å². The highest BCUT2D eigenvalue weighted by Gasteiger charge is 2.19. The molecule has 4 heteroatoms. The Morgan fingerprint density at radius 1 is 1.29 bits per heavy atom. The highest BCUT2D eigenvalue weighted by atomic mass is 16.3. The molecule has 2 rings (SSSR count). The van der Waals surface area contributed by atoms with E-state index in [1.807, 2.05) is 24.3 Å². The van der Waals surface area contributed by atoms with Crippen LogP contribution in [0, 0.1) is 5.92 Å². The van der Waals surface area contributed by atoms with Gasteiger partial charge in [0.15, 0.2) is 0 Å². The van der Waals surface area contributed by atoms with Gasteiger partial charge in [0.05, 0.1) is 6.61 Å². The average molecular weight is 234 g/mol. The fraction of sp³-hybridized carbons (Fsp3) is 0.462. The van der Waals surface area contributed by atoms with Crippen molar-refractivity contribution >= 4 is 5.91 Å². The molecule has 4 nitrogen and oxygen atoms in total. The van der Waals surface area contributed by atoms with Gasteiger partial charge in [-0.05, 0) is 30.1 Å². The fourth-order valence-corrected chi connectivity index (χ4v) is 1.79. The Labute approximate surface area is 101 Å². The van der Waals surface area contributed by atoms with E-state index in [0.29, 0.717) is 18.9 Å². The Bertz CT molecular complexity index is 372. The topological polar surface area (TPSA) is 61.4 Å². The summed E-state index contributed by atoms with van der Waals surface area (Å²) in [5.41, 5.74) is 1.95. The van der Waals surface area contributed by atoms with E-state index < -0.39 is 0 Å². The maximum Gasteiger partial charge on any atom is 0.220 e. The normalized spacial score (nSPS) is 15.4. The van der Waals surface area contributed by atoms with Gasteiger partial charge in [-0.25, -0.2) is 0 Å². The predicted octanol–water partition coefficient (Wildman–Crippen LogP) is 0.405. The van der Waals surface area contributed by atoms with Crippen LogP contribution in [0.5, 0.6) is 0 Å². The number of rotatable bonds is 5. The number of carbonyl (C=O) groups excluding carboxylic acids is 1. The van der Waals surface area contributed by atoms with Crippen LogP contribution in [0.2, 0.25) is 0 Å². The van der Waals surface area contributed by atoms with E-state index in [9.17, 15) is 4.79 Å². The van der Waals surface area contributed by atoms with Crippen LogP contribution in [0.3, 0.4) is 0 Å². The summed E-state index contributed by atoms with van der Waals surface area (Å²) in [6.07, 6.45) is 0.613. The monoisotopic (exact) mass is 234 g/mol. The lowest BCUT2D eigenvalue weighted by Crippen LogP contribution is -2.44. The van der Waals surface area contributed by atoms with Crippen LogP contribution in [0.1, 0.15) is 17.5 Å². The molecule has 3 N–H and O–H groups in total. The number of aliphatic hydroxyl groups is 1. The summed E-state index contributed by atoms with van der Waals surface area (Å²) in [7, 11) is 0. The van der Waals surface area contributed by atoms with E-state index in [0.717, 1.165) is 24.2 Å². The summed E-state index contributed by atoms with van der Waals surface area (Å²) >= 11 is 0. The third kappa shape index (κ3) is 3.54. The third-order valence-corrected chi connectivity index (χ3v) is 3.04. The zero-order chi connectivity index (χ0) is 12.1. The molecule has 0 aromatic heterocycles. The van der Waals surface area contributed by atoms with Crippen LogP contribution in [0.15, 0.2) is 24.3 Å². The van der Waals surface area contributed by atoms with E-state index in [1.165, 1.54) is 0 Å². The second-order valence-electron chi connectivity index (χ2n) is 4.48. The third-order valence-electron chi connectivity index (χ3n) is 3.04. The Morgan fingerprint density at radius 2 is 1.94 bits per heavy atom. The molecule has 1 amide bonds. The molecule has 17 heavy (non-hydrogen) atoms. The predicted molar refractivity (Wildman–Crippen MR) is 65.2 cm³/mol.